The topological polar surface area (TPSA) is 180 Å². The first kappa shape index (κ1) is 27.9. The van der Waals surface area contributed by atoms with Gasteiger partial charge in [-0.2, -0.15) is 0 Å². The van der Waals surface area contributed by atoms with Crippen LogP contribution in [0.4, 0.5) is 0 Å². The summed E-state index contributed by atoms with van der Waals surface area (Å²) in [5.41, 5.74) is -7.81. The van der Waals surface area contributed by atoms with Crippen LogP contribution in [0.2, 0.25) is 0 Å². The smallest absolute Gasteiger partial charge is 0.338 e. The van der Waals surface area contributed by atoms with Crippen LogP contribution in [0.15, 0.2) is 0 Å². The molecule has 1 unspecified atom stereocenters. The lowest BCUT2D eigenvalue weighted by molar-refractivity contribution is -0.273. The Balaban J connectivity index is 1.40. The maximum absolute atomic E-state index is 14.8. The first-order chi connectivity index (χ1) is 18.9. The highest BCUT2D eigenvalue weighted by atomic mass is 16.6. The van der Waals surface area contributed by atoms with Crippen molar-refractivity contribution >= 4 is 23.5 Å². The molecule has 0 spiro atoms. The van der Waals surface area contributed by atoms with Crippen molar-refractivity contribution in [1.29, 1.82) is 0 Å². The summed E-state index contributed by atoms with van der Waals surface area (Å²) in [5, 5.41) is 47.1. The van der Waals surface area contributed by atoms with E-state index in [1.165, 1.54) is 13.8 Å². The number of hydrogen-bond acceptors (Lipinski definition) is 11. The number of ketones is 2. The monoisotopic (exact) mass is 576 g/mol. The van der Waals surface area contributed by atoms with E-state index in [9.17, 15) is 39.6 Å². The third kappa shape index (κ3) is 2.80. The number of fused-ring (bicyclic) bond motifs is 10. The van der Waals surface area contributed by atoms with Crippen LogP contribution < -0.4 is 0 Å². The molecule has 41 heavy (non-hydrogen) atoms. The van der Waals surface area contributed by atoms with Crippen LogP contribution in [-0.2, 0) is 33.4 Å². The predicted octanol–water partition coefficient (Wildman–Crippen LogP) is -0.0727. The number of aliphatic hydroxyl groups is 4. The van der Waals surface area contributed by atoms with Crippen molar-refractivity contribution < 1.29 is 53.8 Å². The third-order valence-electron chi connectivity index (χ3n) is 13.6. The number of rotatable bonds is 1. The Bertz CT molecular complexity index is 1280. The quantitative estimate of drug-likeness (QED) is 0.242. The van der Waals surface area contributed by atoms with Gasteiger partial charge in [-0.05, 0) is 37.5 Å². The van der Waals surface area contributed by atoms with E-state index in [0.29, 0.717) is 6.42 Å². The lowest BCUT2D eigenvalue weighted by atomic mass is 9.40. The van der Waals surface area contributed by atoms with Crippen molar-refractivity contribution in [3.05, 3.63) is 0 Å². The number of carbonyl (C=O) groups excluding carboxylic acids is 4. The fourth-order valence-electron chi connectivity index (χ4n) is 11.3. The van der Waals surface area contributed by atoms with Gasteiger partial charge in [0.05, 0.1) is 17.6 Å². The second kappa shape index (κ2) is 7.77. The molecule has 11 nitrogen and oxygen atoms in total. The predicted molar refractivity (Wildman–Crippen MR) is 136 cm³/mol. The van der Waals surface area contributed by atoms with Crippen LogP contribution in [0.5, 0.6) is 0 Å². The number of hydrogen-bond donors (Lipinski definition) is 4. The zero-order valence-corrected chi connectivity index (χ0v) is 24.2. The van der Waals surface area contributed by atoms with E-state index >= 15 is 0 Å². The van der Waals surface area contributed by atoms with E-state index in [-0.39, 0.29) is 24.5 Å². The molecule has 2 saturated heterocycles. The minimum absolute atomic E-state index is 0.0271. The summed E-state index contributed by atoms with van der Waals surface area (Å²) in [7, 11) is 0. The molecular formula is C30H40O11. The van der Waals surface area contributed by atoms with Crippen LogP contribution in [0, 0.1) is 51.8 Å². The SMILES string of the molecule is CC(=O)O[C@H]1[C@H]2O[C@H]2C[C@]2(O)[C@@H](O)C(=O)[C@H]3[C@@H]4C(=O)[C@@H]5[C@H]([C@H](C)CC6OC(=O)[C@@](C)(O)[C@@]65C)[C@@]4(C)[C@@H](O)C[C@@H]3[C@@]12C. The zero-order valence-electron chi connectivity index (χ0n) is 24.2. The van der Waals surface area contributed by atoms with E-state index in [1.807, 2.05) is 6.92 Å². The molecule has 226 valence electrons. The number of ether oxygens (including phenoxy) is 3. The molecule has 5 aliphatic carbocycles. The van der Waals surface area contributed by atoms with Crippen molar-refractivity contribution in [3.63, 3.8) is 0 Å². The van der Waals surface area contributed by atoms with Crippen molar-refractivity contribution in [1.82, 2.24) is 0 Å². The molecule has 2 heterocycles. The largest absolute Gasteiger partial charge is 0.459 e. The molecule has 0 radical (unpaired) electrons. The second-order valence-corrected chi connectivity index (χ2v) is 15.0. The maximum atomic E-state index is 14.8. The highest BCUT2D eigenvalue weighted by Gasteiger charge is 2.83. The Morgan fingerprint density at radius 3 is 2.27 bits per heavy atom. The molecule has 7 rings (SSSR count). The van der Waals surface area contributed by atoms with E-state index < -0.39 is 111 Å². The van der Waals surface area contributed by atoms with Crippen molar-refractivity contribution in [2.45, 2.75) is 109 Å². The summed E-state index contributed by atoms with van der Waals surface area (Å²) in [6.07, 6.45) is -5.34. The molecule has 2 aliphatic heterocycles. The summed E-state index contributed by atoms with van der Waals surface area (Å²) in [6, 6.07) is 0. The summed E-state index contributed by atoms with van der Waals surface area (Å²) in [4.78, 5) is 54.1. The van der Waals surface area contributed by atoms with Gasteiger partial charge in [0, 0.05) is 41.9 Å². The molecule has 0 aromatic heterocycles. The van der Waals surface area contributed by atoms with Gasteiger partial charge < -0.3 is 34.6 Å². The van der Waals surface area contributed by atoms with Gasteiger partial charge in [-0.25, -0.2) is 4.79 Å². The van der Waals surface area contributed by atoms with Gasteiger partial charge >= 0.3 is 11.9 Å². The summed E-state index contributed by atoms with van der Waals surface area (Å²) < 4.78 is 17.1. The molecule has 7 aliphatic rings. The Morgan fingerprint density at radius 2 is 1.63 bits per heavy atom. The van der Waals surface area contributed by atoms with Crippen molar-refractivity contribution in [2.75, 3.05) is 0 Å². The van der Waals surface area contributed by atoms with Crippen LogP contribution in [0.3, 0.4) is 0 Å². The van der Waals surface area contributed by atoms with Crippen LogP contribution in [0.1, 0.15) is 60.8 Å². The van der Waals surface area contributed by atoms with Gasteiger partial charge in [0.1, 0.15) is 35.8 Å². The summed E-state index contributed by atoms with van der Waals surface area (Å²) in [6.45, 7) is 9.71. The molecule has 0 amide bonds. The van der Waals surface area contributed by atoms with Crippen LogP contribution in [-0.4, -0.2) is 91.8 Å². The van der Waals surface area contributed by atoms with E-state index in [1.54, 1.807) is 20.8 Å². The Kier molecular flexibility index (Phi) is 5.29. The Hall–Kier alpha value is -1.92. The number of aliphatic hydroxyl groups excluding tert-OH is 2. The molecule has 5 saturated carbocycles. The minimum Gasteiger partial charge on any atom is -0.459 e. The lowest BCUT2D eigenvalue weighted by Crippen LogP contribution is -2.77. The normalized spacial score (nSPS) is 62.0. The average molecular weight is 577 g/mol. The number of epoxide rings is 1. The molecule has 17 atom stereocenters. The van der Waals surface area contributed by atoms with Gasteiger partial charge in [-0.3, -0.25) is 14.4 Å². The van der Waals surface area contributed by atoms with Gasteiger partial charge in [0.15, 0.2) is 11.4 Å². The zero-order chi connectivity index (χ0) is 30.0. The van der Waals surface area contributed by atoms with Gasteiger partial charge in [-0.15, -0.1) is 0 Å². The molecule has 4 N–H and O–H groups in total. The fourth-order valence-corrected chi connectivity index (χ4v) is 11.3. The first-order valence-electron chi connectivity index (χ1n) is 14.8. The number of carbonyl (C=O) groups is 4. The van der Waals surface area contributed by atoms with Gasteiger partial charge in [0.25, 0.3) is 0 Å². The van der Waals surface area contributed by atoms with Gasteiger partial charge in [-0.1, -0.05) is 27.7 Å². The summed E-state index contributed by atoms with van der Waals surface area (Å²) >= 11 is 0. The van der Waals surface area contributed by atoms with Crippen LogP contribution >= 0.6 is 0 Å². The third-order valence-corrected chi connectivity index (χ3v) is 13.6. The van der Waals surface area contributed by atoms with Crippen molar-refractivity contribution in [3.8, 4) is 0 Å². The molecule has 11 heteroatoms. The van der Waals surface area contributed by atoms with Crippen LogP contribution in [0.25, 0.3) is 0 Å². The van der Waals surface area contributed by atoms with E-state index in [2.05, 4.69) is 0 Å². The Morgan fingerprint density at radius 1 is 0.976 bits per heavy atom. The first-order valence-corrected chi connectivity index (χ1v) is 14.8. The lowest BCUT2D eigenvalue weighted by Gasteiger charge is -2.65. The molecule has 0 aromatic rings. The van der Waals surface area contributed by atoms with Gasteiger partial charge in [0.2, 0.25) is 0 Å². The molecule has 0 aromatic carbocycles. The fraction of sp³-hybridized carbons (Fsp3) is 0.867. The maximum Gasteiger partial charge on any atom is 0.338 e. The van der Waals surface area contributed by atoms with E-state index in [4.69, 9.17) is 14.2 Å². The van der Waals surface area contributed by atoms with Crippen molar-refractivity contribution in [2.24, 2.45) is 51.8 Å². The number of esters is 2. The van der Waals surface area contributed by atoms with E-state index in [0.717, 1.165) is 0 Å². The molecular weight excluding hydrogens is 536 g/mol. The molecule has 7 fully saturated rings. The minimum atomic E-state index is -2.01. The second-order valence-electron chi connectivity index (χ2n) is 15.0. The number of Topliss-reactive ketones (excluding diaryl/α,β-unsaturated/α-hetero) is 2. The highest BCUT2D eigenvalue weighted by Crippen LogP contribution is 2.74. The Labute approximate surface area is 237 Å². The molecule has 0 bridgehead atoms. The average Bonchev–Trinajstić information content (AvgIpc) is 3.55. The standard InChI is InChI=1S/C30H40O11/c1-10-7-15-28(5,29(6,37)25(36)41-15)19-17(10)26(3)14(32)8-12-16(18(26)21(19)34)20(33)23(35)30(38)9-13-22(40-13)24(27(12,30)4)39-11(2)31/h10,12-19,22-24,32,35,37-38H,7-9H2,1-6H3/t10-,12+,13+,14+,15?,16-,17+,18-,19+,22+,23+,24+,26-,27+,28+,29-,30+/m1/s1. The summed E-state index contributed by atoms with van der Waals surface area (Å²) in [5.74, 6) is -6.97. The highest BCUT2D eigenvalue weighted by molar-refractivity contribution is 5.98.